The summed E-state index contributed by atoms with van der Waals surface area (Å²) in [6.45, 7) is 0. The zero-order valence-corrected chi connectivity index (χ0v) is 10.8. The monoisotopic (exact) mass is 290 g/mol. The zero-order chi connectivity index (χ0) is 15.0. The summed E-state index contributed by atoms with van der Waals surface area (Å²) in [7, 11) is 0. The third kappa shape index (κ3) is 2.73. The minimum Gasteiger partial charge on any atom is -0.334 e. The van der Waals surface area contributed by atoms with E-state index in [4.69, 9.17) is 0 Å². The lowest BCUT2D eigenvalue weighted by Crippen LogP contribution is -2.17. The molecule has 1 N–H and O–H groups in total. The minimum atomic E-state index is -0.712. The SMILES string of the molecule is O=C(Nc1cccc(F)n1)c1cc([N+](=O)[O-])cn1C1CC1. The molecule has 108 valence electrons. The van der Waals surface area contributed by atoms with Crippen molar-refractivity contribution in [2.24, 2.45) is 0 Å². The van der Waals surface area contributed by atoms with Crippen LogP contribution in [0.1, 0.15) is 29.4 Å². The molecule has 3 rings (SSSR count). The summed E-state index contributed by atoms with van der Waals surface area (Å²) in [6, 6.07) is 5.35. The number of anilines is 1. The fourth-order valence-corrected chi connectivity index (χ4v) is 2.06. The summed E-state index contributed by atoms with van der Waals surface area (Å²) in [5, 5.41) is 13.3. The number of carbonyl (C=O) groups is 1. The molecule has 21 heavy (non-hydrogen) atoms. The summed E-state index contributed by atoms with van der Waals surface area (Å²) in [6.07, 6.45) is 3.11. The summed E-state index contributed by atoms with van der Waals surface area (Å²) in [4.78, 5) is 26.0. The van der Waals surface area contributed by atoms with E-state index in [1.165, 1.54) is 24.4 Å². The second-order valence-corrected chi connectivity index (χ2v) is 4.78. The smallest absolute Gasteiger partial charge is 0.287 e. The second-order valence-electron chi connectivity index (χ2n) is 4.78. The molecule has 0 aromatic carbocycles. The van der Waals surface area contributed by atoms with E-state index in [-0.39, 0.29) is 23.2 Å². The third-order valence-corrected chi connectivity index (χ3v) is 3.17. The normalized spacial score (nSPS) is 14.0. The minimum absolute atomic E-state index is 0.0613. The van der Waals surface area contributed by atoms with Crippen LogP contribution in [-0.4, -0.2) is 20.4 Å². The Balaban J connectivity index is 1.88. The molecule has 7 nitrogen and oxygen atoms in total. The van der Waals surface area contributed by atoms with Crippen LogP contribution >= 0.6 is 0 Å². The Labute approximate surface area is 118 Å². The van der Waals surface area contributed by atoms with E-state index < -0.39 is 16.8 Å². The first kappa shape index (κ1) is 13.2. The van der Waals surface area contributed by atoms with Crippen LogP contribution in [0.2, 0.25) is 0 Å². The first-order valence-corrected chi connectivity index (χ1v) is 6.35. The van der Waals surface area contributed by atoms with Crippen molar-refractivity contribution in [3.05, 3.63) is 52.2 Å². The number of amides is 1. The van der Waals surface area contributed by atoms with Crippen LogP contribution in [0.5, 0.6) is 0 Å². The van der Waals surface area contributed by atoms with Crippen LogP contribution in [0.3, 0.4) is 0 Å². The zero-order valence-electron chi connectivity index (χ0n) is 10.8. The van der Waals surface area contributed by atoms with Crippen LogP contribution in [0.15, 0.2) is 30.5 Å². The molecule has 0 radical (unpaired) electrons. The maximum absolute atomic E-state index is 13.0. The molecule has 0 atom stereocenters. The largest absolute Gasteiger partial charge is 0.334 e. The highest BCUT2D eigenvalue weighted by atomic mass is 19.1. The third-order valence-electron chi connectivity index (χ3n) is 3.17. The van der Waals surface area contributed by atoms with E-state index in [1.807, 2.05) is 0 Å². The first-order chi connectivity index (χ1) is 10.0. The van der Waals surface area contributed by atoms with Crippen LogP contribution < -0.4 is 5.32 Å². The number of nitrogens with one attached hydrogen (secondary N) is 1. The topological polar surface area (TPSA) is 90.1 Å². The van der Waals surface area contributed by atoms with Crippen LogP contribution in [0, 0.1) is 16.1 Å². The number of rotatable bonds is 4. The molecule has 0 bridgehead atoms. The average Bonchev–Trinajstić information content (AvgIpc) is 3.17. The number of aromatic nitrogens is 2. The van der Waals surface area contributed by atoms with E-state index in [2.05, 4.69) is 10.3 Å². The van der Waals surface area contributed by atoms with E-state index in [9.17, 15) is 19.3 Å². The van der Waals surface area contributed by atoms with Gasteiger partial charge in [-0.1, -0.05) is 6.07 Å². The van der Waals surface area contributed by atoms with E-state index in [0.29, 0.717) is 0 Å². The van der Waals surface area contributed by atoms with Gasteiger partial charge in [0.15, 0.2) is 0 Å². The summed E-state index contributed by atoms with van der Waals surface area (Å²) >= 11 is 0. The van der Waals surface area contributed by atoms with Gasteiger partial charge in [-0.25, -0.2) is 4.98 Å². The molecule has 1 fully saturated rings. The molecule has 0 saturated heterocycles. The van der Waals surface area contributed by atoms with E-state index in [1.54, 1.807) is 4.57 Å². The highest BCUT2D eigenvalue weighted by Crippen LogP contribution is 2.38. The predicted molar refractivity (Wildman–Crippen MR) is 71.5 cm³/mol. The Bertz CT molecular complexity index is 724. The first-order valence-electron chi connectivity index (χ1n) is 6.35. The Morgan fingerprint density at radius 2 is 2.24 bits per heavy atom. The number of hydrogen-bond donors (Lipinski definition) is 1. The highest BCUT2D eigenvalue weighted by Gasteiger charge is 2.30. The van der Waals surface area contributed by atoms with Crippen molar-refractivity contribution in [3.63, 3.8) is 0 Å². The number of pyridine rings is 1. The van der Waals surface area contributed by atoms with Crippen LogP contribution in [0.25, 0.3) is 0 Å². The van der Waals surface area contributed by atoms with Gasteiger partial charge in [0.1, 0.15) is 11.5 Å². The van der Waals surface area contributed by atoms with Gasteiger partial charge in [0.25, 0.3) is 11.6 Å². The molecule has 0 unspecified atom stereocenters. The average molecular weight is 290 g/mol. The molecule has 2 aromatic heterocycles. The van der Waals surface area contributed by atoms with Crippen molar-refractivity contribution < 1.29 is 14.1 Å². The van der Waals surface area contributed by atoms with Gasteiger partial charge >= 0.3 is 0 Å². The summed E-state index contributed by atoms with van der Waals surface area (Å²) in [5.41, 5.74) is 0.0366. The number of carbonyl (C=O) groups excluding carboxylic acids is 1. The van der Waals surface area contributed by atoms with Crippen molar-refractivity contribution in [1.82, 2.24) is 9.55 Å². The molecule has 0 spiro atoms. The van der Waals surface area contributed by atoms with Gasteiger partial charge in [-0.3, -0.25) is 14.9 Å². The van der Waals surface area contributed by atoms with Crippen LogP contribution in [0.4, 0.5) is 15.9 Å². The summed E-state index contributed by atoms with van der Waals surface area (Å²) in [5.74, 6) is -1.20. The molecule has 1 saturated carbocycles. The van der Waals surface area contributed by atoms with Gasteiger partial charge < -0.3 is 9.88 Å². The molecule has 1 aliphatic carbocycles. The maximum atomic E-state index is 13.0. The highest BCUT2D eigenvalue weighted by molar-refractivity contribution is 6.03. The van der Waals surface area contributed by atoms with Crippen molar-refractivity contribution >= 4 is 17.4 Å². The van der Waals surface area contributed by atoms with Crippen LogP contribution in [-0.2, 0) is 0 Å². The van der Waals surface area contributed by atoms with Crippen molar-refractivity contribution in [2.75, 3.05) is 5.32 Å². The van der Waals surface area contributed by atoms with Crippen molar-refractivity contribution in [1.29, 1.82) is 0 Å². The van der Waals surface area contributed by atoms with E-state index in [0.717, 1.165) is 18.9 Å². The fourth-order valence-electron chi connectivity index (χ4n) is 2.06. The summed E-state index contributed by atoms with van der Waals surface area (Å²) < 4.78 is 14.6. The Kier molecular flexibility index (Phi) is 3.13. The molecular formula is C13H11FN4O3. The molecule has 1 amide bonds. The Morgan fingerprint density at radius 3 is 2.86 bits per heavy atom. The second kappa shape index (κ2) is 4.97. The molecule has 1 aliphatic rings. The molecule has 2 heterocycles. The predicted octanol–water partition coefficient (Wildman–Crippen LogP) is 2.52. The number of nitrogens with zero attached hydrogens (tertiary/aromatic N) is 3. The van der Waals surface area contributed by atoms with Gasteiger partial charge in [0, 0.05) is 12.1 Å². The standard InChI is InChI=1S/C13H11FN4O3/c14-11-2-1-3-12(15-11)16-13(19)10-6-9(18(20)21)7-17(10)8-4-5-8/h1-3,6-8H,4-5H2,(H,15,16,19). The lowest BCUT2D eigenvalue weighted by Gasteiger charge is -2.07. The van der Waals surface area contributed by atoms with Gasteiger partial charge in [0.05, 0.1) is 11.1 Å². The number of halogens is 1. The number of nitro groups is 1. The Hall–Kier alpha value is -2.77. The van der Waals surface area contributed by atoms with Crippen molar-refractivity contribution in [3.8, 4) is 0 Å². The molecular weight excluding hydrogens is 279 g/mol. The van der Waals surface area contributed by atoms with E-state index >= 15 is 0 Å². The maximum Gasteiger partial charge on any atom is 0.287 e. The number of hydrogen-bond acceptors (Lipinski definition) is 4. The van der Waals surface area contributed by atoms with Gasteiger partial charge in [-0.05, 0) is 25.0 Å². The van der Waals surface area contributed by atoms with Gasteiger partial charge in [-0.15, -0.1) is 0 Å². The molecule has 8 heteroatoms. The Morgan fingerprint density at radius 1 is 1.48 bits per heavy atom. The quantitative estimate of drug-likeness (QED) is 0.532. The molecule has 0 aliphatic heterocycles. The van der Waals surface area contributed by atoms with Gasteiger partial charge in [0.2, 0.25) is 5.95 Å². The van der Waals surface area contributed by atoms with Crippen molar-refractivity contribution in [2.45, 2.75) is 18.9 Å². The lowest BCUT2D eigenvalue weighted by molar-refractivity contribution is -0.384. The fraction of sp³-hybridized carbons (Fsp3) is 0.231. The lowest BCUT2D eigenvalue weighted by atomic mass is 10.3. The molecule has 2 aromatic rings. The van der Waals surface area contributed by atoms with Gasteiger partial charge in [-0.2, -0.15) is 4.39 Å².